The zero-order chi connectivity index (χ0) is 24.2. The van der Waals surface area contributed by atoms with Crippen LogP contribution in [0.5, 0.6) is 0 Å². The van der Waals surface area contributed by atoms with E-state index in [9.17, 15) is 10.5 Å². The average Bonchev–Trinajstić information content (AvgIpc) is 3.46. The van der Waals surface area contributed by atoms with E-state index in [-0.39, 0.29) is 0 Å². The number of hydrogen-bond acceptors (Lipinski definition) is 4. The Hall–Kier alpha value is -5.46. The minimum Gasteiger partial charge on any atom is -0.307 e. The van der Waals surface area contributed by atoms with Gasteiger partial charge in [-0.3, -0.25) is 9.55 Å². The number of pyridine rings is 2. The molecule has 4 heterocycles. The van der Waals surface area contributed by atoms with Crippen LogP contribution < -0.4 is 0 Å². The number of rotatable bonds is 2. The molecule has 6 nitrogen and oxygen atoms in total. The Morgan fingerprint density at radius 2 is 1.36 bits per heavy atom. The Kier molecular flexibility index (Phi) is 4.17. The Morgan fingerprint density at radius 1 is 0.639 bits per heavy atom. The molecule has 0 aliphatic heterocycles. The first-order valence-electron chi connectivity index (χ1n) is 11.5. The monoisotopic (exact) mass is 460 g/mol. The van der Waals surface area contributed by atoms with Gasteiger partial charge in [0.15, 0.2) is 0 Å². The average molecular weight is 461 g/mol. The van der Waals surface area contributed by atoms with Gasteiger partial charge in [-0.05, 0) is 48.5 Å². The van der Waals surface area contributed by atoms with Crippen LogP contribution in [0.15, 0.2) is 97.3 Å². The fourth-order valence-corrected chi connectivity index (χ4v) is 5.19. The second kappa shape index (κ2) is 7.53. The quantitative estimate of drug-likeness (QED) is 0.298. The summed E-state index contributed by atoms with van der Waals surface area (Å²) in [6.07, 6.45) is 3.65. The molecule has 7 aromatic rings. The zero-order valence-electron chi connectivity index (χ0n) is 18.9. The number of nitrogens with zero attached hydrogens (tertiary/aromatic N) is 6. The lowest BCUT2D eigenvalue weighted by molar-refractivity contribution is 1.13. The molecule has 0 saturated carbocycles. The fraction of sp³-hybridized carbons (Fsp3) is 0. The molecule has 0 unspecified atom stereocenters. The molecular weight excluding hydrogens is 444 g/mol. The van der Waals surface area contributed by atoms with E-state index in [0.29, 0.717) is 11.1 Å². The van der Waals surface area contributed by atoms with Crippen molar-refractivity contribution in [3.05, 3.63) is 108 Å². The highest BCUT2D eigenvalue weighted by molar-refractivity contribution is 6.24. The summed E-state index contributed by atoms with van der Waals surface area (Å²) in [5.74, 6) is 0. The molecule has 0 amide bonds. The molecule has 0 aliphatic carbocycles. The highest BCUT2D eigenvalue weighted by Crippen LogP contribution is 2.40. The Bertz CT molecular complexity index is 2030. The van der Waals surface area contributed by atoms with Crippen molar-refractivity contribution in [1.29, 1.82) is 10.5 Å². The van der Waals surface area contributed by atoms with Crippen molar-refractivity contribution in [2.45, 2.75) is 0 Å². The Labute approximate surface area is 205 Å². The summed E-state index contributed by atoms with van der Waals surface area (Å²) in [5.41, 5.74) is 7.15. The predicted molar refractivity (Wildman–Crippen MR) is 140 cm³/mol. The smallest absolute Gasteiger partial charge is 0.147 e. The van der Waals surface area contributed by atoms with Crippen LogP contribution in [0.1, 0.15) is 11.1 Å². The molecule has 36 heavy (non-hydrogen) atoms. The lowest BCUT2D eigenvalue weighted by atomic mass is 10.1. The van der Waals surface area contributed by atoms with E-state index < -0.39 is 0 Å². The first-order chi connectivity index (χ1) is 17.8. The maximum absolute atomic E-state index is 9.65. The summed E-state index contributed by atoms with van der Waals surface area (Å²) in [6, 6.07) is 32.0. The van der Waals surface area contributed by atoms with Gasteiger partial charge in [-0.1, -0.05) is 36.4 Å². The summed E-state index contributed by atoms with van der Waals surface area (Å²) in [6.45, 7) is 0. The molecule has 0 saturated heterocycles. The zero-order valence-corrected chi connectivity index (χ0v) is 18.9. The maximum atomic E-state index is 9.65. The first kappa shape index (κ1) is 20.0. The summed E-state index contributed by atoms with van der Waals surface area (Å²) in [5, 5.41) is 22.3. The van der Waals surface area contributed by atoms with Crippen molar-refractivity contribution in [2.75, 3.05) is 0 Å². The highest BCUT2D eigenvalue weighted by Gasteiger charge is 2.22. The van der Waals surface area contributed by atoms with Gasteiger partial charge in [0.1, 0.15) is 5.65 Å². The molecule has 0 spiro atoms. The number of hydrogen-bond donors (Lipinski definition) is 0. The third-order valence-electron chi connectivity index (χ3n) is 6.61. The van der Waals surface area contributed by atoms with Crippen molar-refractivity contribution >= 4 is 43.9 Å². The topological polar surface area (TPSA) is 83.2 Å². The predicted octanol–water partition coefficient (Wildman–Crippen LogP) is 6.41. The van der Waals surface area contributed by atoms with Gasteiger partial charge in [0.2, 0.25) is 0 Å². The van der Waals surface area contributed by atoms with Crippen LogP contribution in [-0.4, -0.2) is 19.1 Å². The molecule has 7 rings (SSSR count). The molecular formula is C30H16N6. The Balaban J connectivity index is 1.75. The molecule has 0 bridgehead atoms. The fourth-order valence-electron chi connectivity index (χ4n) is 5.19. The van der Waals surface area contributed by atoms with Gasteiger partial charge in [-0.2, -0.15) is 10.5 Å². The molecule has 0 aliphatic rings. The minimum atomic E-state index is 0.431. The van der Waals surface area contributed by atoms with E-state index in [0.717, 1.165) is 55.2 Å². The van der Waals surface area contributed by atoms with E-state index >= 15 is 0 Å². The highest BCUT2D eigenvalue weighted by atomic mass is 15.1. The van der Waals surface area contributed by atoms with Gasteiger partial charge in [-0.15, -0.1) is 0 Å². The second-order valence-electron chi connectivity index (χ2n) is 8.61. The van der Waals surface area contributed by atoms with Crippen LogP contribution in [0, 0.1) is 22.7 Å². The van der Waals surface area contributed by atoms with Crippen molar-refractivity contribution in [3.63, 3.8) is 0 Å². The lowest BCUT2D eigenvalue weighted by Gasteiger charge is -2.10. The summed E-state index contributed by atoms with van der Waals surface area (Å²) in [7, 11) is 0. The van der Waals surface area contributed by atoms with Gasteiger partial charge < -0.3 is 4.57 Å². The Morgan fingerprint density at radius 3 is 2.14 bits per heavy atom. The van der Waals surface area contributed by atoms with Crippen LogP contribution in [-0.2, 0) is 0 Å². The maximum Gasteiger partial charge on any atom is 0.147 e. The van der Waals surface area contributed by atoms with E-state index in [4.69, 9.17) is 9.97 Å². The number of fused-ring (bicyclic) bond motifs is 7. The van der Waals surface area contributed by atoms with Crippen molar-refractivity contribution in [3.8, 4) is 23.5 Å². The number of para-hydroxylation sites is 2. The summed E-state index contributed by atoms with van der Waals surface area (Å²) in [4.78, 5) is 9.65. The standard InChI is InChI=1S/C30H16N6/c31-16-19-13-20(17-32)15-22(14-19)35-26-11-6-12-33-28(26)24-18-34-30-27(29(24)35)23-9-4-5-10-25(23)36(30)21-7-2-1-3-8-21/h1-15,18H. The van der Waals surface area contributed by atoms with Gasteiger partial charge in [0.05, 0.1) is 50.7 Å². The van der Waals surface area contributed by atoms with Gasteiger partial charge in [0.25, 0.3) is 0 Å². The molecule has 4 aromatic heterocycles. The molecule has 0 N–H and O–H groups in total. The van der Waals surface area contributed by atoms with Crippen molar-refractivity contribution in [2.24, 2.45) is 0 Å². The molecule has 6 heteroatoms. The number of benzene rings is 3. The lowest BCUT2D eigenvalue weighted by Crippen LogP contribution is -1.98. The number of nitriles is 2. The van der Waals surface area contributed by atoms with Crippen molar-refractivity contribution < 1.29 is 0 Å². The van der Waals surface area contributed by atoms with Crippen LogP contribution >= 0.6 is 0 Å². The second-order valence-corrected chi connectivity index (χ2v) is 8.61. The molecule has 3 aromatic carbocycles. The van der Waals surface area contributed by atoms with Gasteiger partial charge in [-0.25, -0.2) is 4.98 Å². The van der Waals surface area contributed by atoms with Crippen LogP contribution in [0.4, 0.5) is 0 Å². The largest absolute Gasteiger partial charge is 0.307 e. The minimum absolute atomic E-state index is 0.431. The number of aromatic nitrogens is 4. The molecule has 0 radical (unpaired) electrons. The summed E-state index contributed by atoms with van der Waals surface area (Å²) >= 11 is 0. The SMILES string of the molecule is N#Cc1cc(C#N)cc(-n2c3cccnc3c3cnc4c(c5ccccc5n4-c4ccccc4)c32)c1. The molecule has 166 valence electrons. The van der Waals surface area contributed by atoms with Crippen LogP contribution in [0.2, 0.25) is 0 Å². The van der Waals surface area contributed by atoms with E-state index in [2.05, 4.69) is 45.5 Å². The molecule has 0 fully saturated rings. The summed E-state index contributed by atoms with van der Waals surface area (Å²) < 4.78 is 4.27. The van der Waals surface area contributed by atoms with E-state index in [1.54, 1.807) is 12.3 Å². The third-order valence-corrected chi connectivity index (χ3v) is 6.61. The third kappa shape index (κ3) is 2.70. The van der Waals surface area contributed by atoms with Crippen LogP contribution in [0.3, 0.4) is 0 Å². The van der Waals surface area contributed by atoms with Crippen molar-refractivity contribution in [1.82, 2.24) is 19.1 Å². The van der Waals surface area contributed by atoms with E-state index in [1.165, 1.54) is 0 Å². The molecule has 0 atom stereocenters. The van der Waals surface area contributed by atoms with Crippen LogP contribution in [0.25, 0.3) is 55.2 Å². The van der Waals surface area contributed by atoms with Gasteiger partial charge in [0, 0.05) is 34.5 Å². The first-order valence-corrected chi connectivity index (χ1v) is 11.5. The van der Waals surface area contributed by atoms with E-state index in [1.807, 2.05) is 60.8 Å². The normalized spacial score (nSPS) is 11.3. The van der Waals surface area contributed by atoms with Gasteiger partial charge >= 0.3 is 0 Å².